The minimum absolute atomic E-state index is 0.491. The Kier molecular flexibility index (Phi) is 5.01. The molecule has 0 bridgehead atoms. The summed E-state index contributed by atoms with van der Waals surface area (Å²) < 4.78 is 13.0. The van der Waals surface area contributed by atoms with Crippen molar-refractivity contribution in [1.29, 1.82) is 0 Å². The van der Waals surface area contributed by atoms with Crippen LogP contribution in [0.1, 0.15) is 18.1 Å². The van der Waals surface area contributed by atoms with Crippen molar-refractivity contribution >= 4 is 0 Å². The van der Waals surface area contributed by atoms with Crippen LogP contribution in [-0.4, -0.2) is 23.4 Å². The van der Waals surface area contributed by atoms with E-state index in [0.29, 0.717) is 13.2 Å². The van der Waals surface area contributed by atoms with Crippen LogP contribution < -0.4 is 15.2 Å². The molecule has 0 unspecified atom stereocenters. The van der Waals surface area contributed by atoms with Crippen molar-refractivity contribution in [3.63, 3.8) is 0 Å². The summed E-state index contributed by atoms with van der Waals surface area (Å²) in [6.45, 7) is 4.00. The van der Waals surface area contributed by atoms with E-state index in [0.717, 1.165) is 35.6 Å². The van der Waals surface area contributed by atoms with Crippen LogP contribution in [0.4, 0.5) is 0 Å². The lowest BCUT2D eigenvalue weighted by atomic mass is 10.1. The molecule has 0 aliphatic carbocycles. The van der Waals surface area contributed by atoms with Crippen LogP contribution in [0.15, 0.2) is 30.6 Å². The Morgan fingerprint density at radius 3 is 2.85 bits per heavy atom. The maximum atomic E-state index is 5.89. The largest absolute Gasteiger partial charge is 0.497 e. The number of benzene rings is 1. The molecule has 2 rings (SSSR count). The van der Waals surface area contributed by atoms with Crippen LogP contribution in [0.3, 0.4) is 0 Å². The van der Waals surface area contributed by atoms with Crippen LogP contribution in [-0.2, 0) is 19.6 Å². The molecule has 0 atom stereocenters. The van der Waals surface area contributed by atoms with E-state index < -0.39 is 0 Å². The molecular weight excluding hydrogens is 254 g/mol. The lowest BCUT2D eigenvalue weighted by Crippen LogP contribution is -2.05. The van der Waals surface area contributed by atoms with E-state index in [-0.39, 0.29) is 0 Å². The molecule has 1 heterocycles. The van der Waals surface area contributed by atoms with Crippen LogP contribution >= 0.6 is 0 Å². The van der Waals surface area contributed by atoms with E-state index in [1.165, 1.54) is 0 Å². The monoisotopic (exact) mass is 275 g/mol. The van der Waals surface area contributed by atoms with E-state index in [9.17, 15) is 0 Å². The molecule has 0 aliphatic rings. The van der Waals surface area contributed by atoms with E-state index in [4.69, 9.17) is 15.2 Å². The lowest BCUT2D eigenvalue weighted by Gasteiger charge is -2.12. The number of aromatic nitrogens is 2. The number of nitrogens with zero attached hydrogens (tertiary/aromatic N) is 2. The summed E-state index contributed by atoms with van der Waals surface area (Å²) in [7, 11) is 1.65. The molecule has 0 spiro atoms. The van der Waals surface area contributed by atoms with E-state index in [2.05, 4.69) is 12.0 Å². The van der Waals surface area contributed by atoms with E-state index in [1.807, 2.05) is 35.3 Å². The van der Waals surface area contributed by atoms with E-state index >= 15 is 0 Å². The van der Waals surface area contributed by atoms with Crippen molar-refractivity contribution in [2.75, 3.05) is 13.7 Å². The second-order valence-corrected chi connectivity index (χ2v) is 4.51. The molecule has 2 N–H and O–H groups in total. The van der Waals surface area contributed by atoms with Gasteiger partial charge in [-0.3, -0.25) is 4.68 Å². The van der Waals surface area contributed by atoms with Gasteiger partial charge in [-0.1, -0.05) is 6.07 Å². The Balaban J connectivity index is 2.09. The molecule has 20 heavy (non-hydrogen) atoms. The third-order valence-corrected chi connectivity index (χ3v) is 3.09. The number of aryl methyl sites for hydroxylation is 1. The first kappa shape index (κ1) is 14.4. The Morgan fingerprint density at radius 1 is 1.35 bits per heavy atom. The van der Waals surface area contributed by atoms with Crippen LogP contribution in [0, 0.1) is 0 Å². The first-order valence-corrected chi connectivity index (χ1v) is 6.78. The number of nitrogens with two attached hydrogens (primary N) is 1. The lowest BCUT2D eigenvalue weighted by molar-refractivity contribution is 0.300. The fraction of sp³-hybridized carbons (Fsp3) is 0.400. The number of hydrogen-bond donors (Lipinski definition) is 1. The Bertz CT molecular complexity index is 552. The molecule has 0 saturated carbocycles. The van der Waals surface area contributed by atoms with Gasteiger partial charge in [-0.25, -0.2) is 0 Å². The van der Waals surface area contributed by atoms with Gasteiger partial charge >= 0.3 is 0 Å². The normalized spacial score (nSPS) is 10.6. The standard InChI is InChI=1S/C15H21N3O2/c1-3-18-10-12(9-17-18)11-20-15-8-14(19-2)5-4-13(15)6-7-16/h4-5,8-10H,3,6-7,11,16H2,1-2H3. The van der Waals surface area contributed by atoms with Gasteiger partial charge < -0.3 is 15.2 Å². The molecule has 5 nitrogen and oxygen atoms in total. The summed E-state index contributed by atoms with van der Waals surface area (Å²) in [5, 5.41) is 4.23. The van der Waals surface area contributed by atoms with Gasteiger partial charge in [-0.2, -0.15) is 5.10 Å². The molecule has 1 aromatic carbocycles. The molecule has 2 aromatic rings. The number of methoxy groups -OCH3 is 1. The molecular formula is C15H21N3O2. The Labute approximate surface area is 119 Å². The molecule has 1 aromatic heterocycles. The van der Waals surface area contributed by atoms with Gasteiger partial charge in [0.05, 0.1) is 13.3 Å². The van der Waals surface area contributed by atoms with Crippen LogP contribution in [0.5, 0.6) is 11.5 Å². The summed E-state index contributed by atoms with van der Waals surface area (Å²) in [5.41, 5.74) is 7.77. The molecule has 5 heteroatoms. The predicted molar refractivity (Wildman–Crippen MR) is 78.0 cm³/mol. The quantitative estimate of drug-likeness (QED) is 0.839. The molecule has 0 amide bonds. The van der Waals surface area contributed by atoms with Gasteiger partial charge in [0, 0.05) is 24.4 Å². The van der Waals surface area contributed by atoms with Crippen molar-refractivity contribution in [2.45, 2.75) is 26.5 Å². The second-order valence-electron chi connectivity index (χ2n) is 4.51. The maximum Gasteiger partial charge on any atom is 0.126 e. The summed E-state index contributed by atoms with van der Waals surface area (Å²) in [4.78, 5) is 0. The van der Waals surface area contributed by atoms with Crippen molar-refractivity contribution in [3.8, 4) is 11.5 Å². The highest BCUT2D eigenvalue weighted by molar-refractivity contribution is 5.41. The summed E-state index contributed by atoms with van der Waals surface area (Å²) in [6.07, 6.45) is 4.60. The fourth-order valence-corrected chi connectivity index (χ4v) is 1.97. The summed E-state index contributed by atoms with van der Waals surface area (Å²) in [5.74, 6) is 1.60. The highest BCUT2D eigenvalue weighted by Crippen LogP contribution is 2.26. The number of rotatable bonds is 7. The second kappa shape index (κ2) is 6.96. The van der Waals surface area contributed by atoms with Crippen molar-refractivity contribution in [2.24, 2.45) is 5.73 Å². The first-order valence-electron chi connectivity index (χ1n) is 6.78. The molecule has 108 valence electrons. The average molecular weight is 275 g/mol. The topological polar surface area (TPSA) is 62.3 Å². The Morgan fingerprint density at radius 2 is 2.20 bits per heavy atom. The smallest absolute Gasteiger partial charge is 0.126 e. The van der Waals surface area contributed by atoms with Crippen molar-refractivity contribution < 1.29 is 9.47 Å². The maximum absolute atomic E-state index is 5.89. The third kappa shape index (κ3) is 3.51. The zero-order valence-electron chi connectivity index (χ0n) is 12.0. The van der Waals surface area contributed by atoms with Gasteiger partial charge in [0.15, 0.2) is 0 Å². The molecule has 0 radical (unpaired) electrons. The zero-order valence-corrected chi connectivity index (χ0v) is 12.0. The number of hydrogen-bond acceptors (Lipinski definition) is 4. The first-order chi connectivity index (χ1) is 9.76. The van der Waals surface area contributed by atoms with E-state index in [1.54, 1.807) is 7.11 Å². The van der Waals surface area contributed by atoms with Gasteiger partial charge in [-0.15, -0.1) is 0 Å². The predicted octanol–water partition coefficient (Wildman–Crippen LogP) is 1.99. The van der Waals surface area contributed by atoms with Crippen molar-refractivity contribution in [1.82, 2.24) is 9.78 Å². The van der Waals surface area contributed by atoms with Crippen molar-refractivity contribution in [3.05, 3.63) is 41.7 Å². The zero-order chi connectivity index (χ0) is 14.4. The average Bonchev–Trinajstić information content (AvgIpc) is 2.94. The SMILES string of the molecule is CCn1cc(COc2cc(OC)ccc2CCN)cn1. The minimum atomic E-state index is 0.491. The summed E-state index contributed by atoms with van der Waals surface area (Å²) >= 11 is 0. The van der Waals surface area contributed by atoms with Crippen LogP contribution in [0.25, 0.3) is 0 Å². The van der Waals surface area contributed by atoms with Gasteiger partial charge in [0.1, 0.15) is 18.1 Å². The number of ether oxygens (including phenoxy) is 2. The van der Waals surface area contributed by atoms with Gasteiger partial charge in [-0.05, 0) is 31.5 Å². The van der Waals surface area contributed by atoms with Gasteiger partial charge in [0.2, 0.25) is 0 Å². The molecule has 0 fully saturated rings. The fourth-order valence-electron chi connectivity index (χ4n) is 1.97. The molecule has 0 saturated heterocycles. The minimum Gasteiger partial charge on any atom is -0.497 e. The van der Waals surface area contributed by atoms with Gasteiger partial charge in [0.25, 0.3) is 0 Å². The van der Waals surface area contributed by atoms with Crippen LogP contribution in [0.2, 0.25) is 0 Å². The Hall–Kier alpha value is -2.01. The molecule has 0 aliphatic heterocycles. The highest BCUT2D eigenvalue weighted by atomic mass is 16.5. The highest BCUT2D eigenvalue weighted by Gasteiger charge is 2.07. The third-order valence-electron chi connectivity index (χ3n) is 3.09. The summed E-state index contributed by atoms with van der Waals surface area (Å²) in [6, 6.07) is 5.82.